The summed E-state index contributed by atoms with van der Waals surface area (Å²) in [4.78, 5) is 18.6. The summed E-state index contributed by atoms with van der Waals surface area (Å²) >= 11 is 6.14. The predicted octanol–water partition coefficient (Wildman–Crippen LogP) is 4.07. The number of aromatic nitrogens is 1. The maximum Gasteiger partial charge on any atom is 0.257 e. The van der Waals surface area contributed by atoms with Crippen LogP contribution in [0.1, 0.15) is 28.8 Å². The highest BCUT2D eigenvalue weighted by molar-refractivity contribution is 6.31. The van der Waals surface area contributed by atoms with Crippen molar-refractivity contribution in [1.82, 2.24) is 9.88 Å². The van der Waals surface area contributed by atoms with E-state index in [0.717, 1.165) is 29.4 Å². The van der Waals surface area contributed by atoms with E-state index in [1.807, 2.05) is 17.0 Å². The first-order chi connectivity index (χ1) is 13.2. The summed E-state index contributed by atoms with van der Waals surface area (Å²) in [6.45, 7) is 1.29. The van der Waals surface area contributed by atoms with Crippen LogP contribution in [-0.2, 0) is 0 Å². The molecule has 1 aromatic carbocycles. The molecule has 2 aromatic heterocycles. The van der Waals surface area contributed by atoms with Crippen molar-refractivity contribution in [2.45, 2.75) is 18.9 Å². The number of amides is 1. The fourth-order valence-electron chi connectivity index (χ4n) is 3.40. The number of rotatable bonds is 3. The number of fused-ring (bicyclic) bond motifs is 1. The predicted molar refractivity (Wildman–Crippen MR) is 103 cm³/mol. The van der Waals surface area contributed by atoms with Gasteiger partial charge in [0, 0.05) is 35.7 Å². The normalized spacial score (nSPS) is 14.9. The van der Waals surface area contributed by atoms with Crippen LogP contribution in [0.25, 0.3) is 10.9 Å². The summed E-state index contributed by atoms with van der Waals surface area (Å²) in [5.41, 5.74) is 2.60. The SMILES string of the molecule is N#Cc1cnc2ccc(Cl)cc2c1NC1CCN(C(=O)c2ccoc2)CC1. The largest absolute Gasteiger partial charge is 0.472 e. The molecular formula is C20H17ClN4O2. The van der Waals surface area contributed by atoms with Crippen LogP contribution in [0.2, 0.25) is 5.02 Å². The molecule has 3 aromatic rings. The summed E-state index contributed by atoms with van der Waals surface area (Å²) in [7, 11) is 0. The number of pyridine rings is 1. The smallest absolute Gasteiger partial charge is 0.257 e. The molecule has 27 heavy (non-hydrogen) atoms. The van der Waals surface area contributed by atoms with E-state index in [2.05, 4.69) is 16.4 Å². The van der Waals surface area contributed by atoms with Crippen molar-refractivity contribution in [3.05, 3.63) is 59.1 Å². The van der Waals surface area contributed by atoms with E-state index in [1.165, 1.54) is 12.5 Å². The number of halogens is 1. The van der Waals surface area contributed by atoms with Crippen molar-refractivity contribution < 1.29 is 9.21 Å². The number of nitrogens with one attached hydrogen (secondary N) is 1. The molecule has 0 radical (unpaired) electrons. The molecule has 3 heterocycles. The zero-order chi connectivity index (χ0) is 18.8. The van der Waals surface area contributed by atoms with Crippen LogP contribution in [0.4, 0.5) is 5.69 Å². The third kappa shape index (κ3) is 3.46. The molecule has 0 bridgehead atoms. The molecule has 4 rings (SSSR count). The van der Waals surface area contributed by atoms with Crippen molar-refractivity contribution in [1.29, 1.82) is 5.26 Å². The van der Waals surface area contributed by atoms with Crippen LogP contribution in [0, 0.1) is 11.3 Å². The van der Waals surface area contributed by atoms with Crippen molar-refractivity contribution in [3.8, 4) is 6.07 Å². The van der Waals surface area contributed by atoms with Gasteiger partial charge in [-0.25, -0.2) is 0 Å². The Morgan fingerprint density at radius 1 is 1.33 bits per heavy atom. The molecule has 0 saturated carbocycles. The fourth-order valence-corrected chi connectivity index (χ4v) is 3.58. The summed E-state index contributed by atoms with van der Waals surface area (Å²) < 4.78 is 5.00. The molecule has 0 spiro atoms. The van der Waals surface area contributed by atoms with Gasteiger partial charge >= 0.3 is 0 Å². The number of hydrogen-bond acceptors (Lipinski definition) is 5. The van der Waals surface area contributed by atoms with Crippen LogP contribution in [0.15, 0.2) is 47.4 Å². The highest BCUT2D eigenvalue weighted by atomic mass is 35.5. The lowest BCUT2D eigenvalue weighted by molar-refractivity contribution is 0.0718. The molecule has 6 nitrogen and oxygen atoms in total. The van der Waals surface area contributed by atoms with Crippen LogP contribution in [0.3, 0.4) is 0 Å². The first kappa shape index (κ1) is 17.4. The van der Waals surface area contributed by atoms with E-state index in [-0.39, 0.29) is 11.9 Å². The topological polar surface area (TPSA) is 82.2 Å². The monoisotopic (exact) mass is 380 g/mol. The number of likely N-dealkylation sites (tertiary alicyclic amines) is 1. The minimum absolute atomic E-state index is 0.0129. The van der Waals surface area contributed by atoms with E-state index in [0.29, 0.717) is 29.2 Å². The van der Waals surface area contributed by atoms with Crippen LogP contribution in [-0.4, -0.2) is 34.9 Å². The van der Waals surface area contributed by atoms with Gasteiger partial charge in [0.15, 0.2) is 0 Å². The number of furan rings is 1. The average Bonchev–Trinajstić information content (AvgIpc) is 3.23. The van der Waals surface area contributed by atoms with Crippen LogP contribution in [0.5, 0.6) is 0 Å². The zero-order valence-corrected chi connectivity index (χ0v) is 15.2. The standard InChI is InChI=1S/C20H17ClN4O2/c21-15-1-2-18-17(9-15)19(14(10-22)11-23-18)24-16-3-6-25(7-4-16)20(26)13-5-8-27-12-13/h1-2,5,8-9,11-12,16H,3-4,6-7H2,(H,23,24). The molecule has 0 atom stereocenters. The Hall–Kier alpha value is -3.04. The van der Waals surface area contributed by atoms with Gasteiger partial charge in [-0.05, 0) is 37.1 Å². The molecule has 1 N–H and O–H groups in total. The molecule has 0 unspecified atom stereocenters. The minimum Gasteiger partial charge on any atom is -0.472 e. The van der Waals surface area contributed by atoms with Crippen LogP contribution >= 0.6 is 11.6 Å². The van der Waals surface area contributed by atoms with Crippen molar-refractivity contribution >= 4 is 34.1 Å². The van der Waals surface area contributed by atoms with E-state index in [9.17, 15) is 10.1 Å². The first-order valence-corrected chi connectivity index (χ1v) is 9.10. The number of carbonyl (C=O) groups excluding carboxylic acids is 1. The molecule has 1 saturated heterocycles. The van der Waals surface area contributed by atoms with Gasteiger partial charge in [0.05, 0.1) is 28.6 Å². The number of benzene rings is 1. The van der Waals surface area contributed by atoms with Crippen molar-refractivity contribution in [3.63, 3.8) is 0 Å². The van der Waals surface area contributed by atoms with E-state index < -0.39 is 0 Å². The maximum atomic E-state index is 12.4. The Labute approximate surface area is 161 Å². The Balaban J connectivity index is 1.52. The average molecular weight is 381 g/mol. The summed E-state index contributed by atoms with van der Waals surface area (Å²) in [5.74, 6) is -0.0129. The second-order valence-corrected chi connectivity index (χ2v) is 6.98. The van der Waals surface area contributed by atoms with Gasteiger partial charge in [0.2, 0.25) is 0 Å². The summed E-state index contributed by atoms with van der Waals surface area (Å²) in [6, 6.07) is 9.49. The van der Waals surface area contributed by atoms with E-state index in [1.54, 1.807) is 18.3 Å². The Bertz CT molecular complexity index is 1020. The molecule has 1 fully saturated rings. The van der Waals surface area contributed by atoms with E-state index >= 15 is 0 Å². The molecule has 1 amide bonds. The summed E-state index contributed by atoms with van der Waals surface area (Å²) in [5, 5.41) is 14.4. The molecule has 1 aliphatic rings. The van der Waals surface area contributed by atoms with E-state index in [4.69, 9.17) is 16.0 Å². The van der Waals surface area contributed by atoms with Gasteiger partial charge in [0.1, 0.15) is 12.3 Å². The fraction of sp³-hybridized carbons (Fsp3) is 0.250. The molecular weight excluding hydrogens is 364 g/mol. The van der Waals surface area contributed by atoms with Gasteiger partial charge in [-0.2, -0.15) is 5.26 Å². The second kappa shape index (κ2) is 7.29. The first-order valence-electron chi connectivity index (χ1n) is 8.72. The third-order valence-electron chi connectivity index (χ3n) is 4.85. The number of anilines is 1. The number of nitrogens with zero attached hydrogens (tertiary/aromatic N) is 3. The van der Waals surface area contributed by atoms with Crippen molar-refractivity contribution in [2.24, 2.45) is 0 Å². The lowest BCUT2D eigenvalue weighted by Gasteiger charge is -2.33. The van der Waals surface area contributed by atoms with Gasteiger partial charge in [-0.3, -0.25) is 9.78 Å². The lowest BCUT2D eigenvalue weighted by Crippen LogP contribution is -2.42. The Morgan fingerprint density at radius 3 is 2.85 bits per heavy atom. The highest BCUT2D eigenvalue weighted by Gasteiger charge is 2.25. The molecule has 7 heteroatoms. The zero-order valence-electron chi connectivity index (χ0n) is 14.5. The van der Waals surface area contributed by atoms with Crippen LogP contribution < -0.4 is 5.32 Å². The second-order valence-electron chi connectivity index (χ2n) is 6.54. The quantitative estimate of drug-likeness (QED) is 0.740. The lowest BCUT2D eigenvalue weighted by atomic mass is 10.0. The van der Waals surface area contributed by atoms with Crippen molar-refractivity contribution in [2.75, 3.05) is 18.4 Å². The van der Waals surface area contributed by atoms with Gasteiger partial charge in [-0.15, -0.1) is 0 Å². The Morgan fingerprint density at radius 2 is 2.15 bits per heavy atom. The van der Waals surface area contributed by atoms with Gasteiger partial charge < -0.3 is 14.6 Å². The van der Waals surface area contributed by atoms with Gasteiger partial charge in [0.25, 0.3) is 5.91 Å². The van der Waals surface area contributed by atoms with Gasteiger partial charge in [-0.1, -0.05) is 11.6 Å². The minimum atomic E-state index is -0.0129. The highest BCUT2D eigenvalue weighted by Crippen LogP contribution is 2.30. The Kier molecular flexibility index (Phi) is 4.69. The number of carbonyl (C=O) groups is 1. The maximum absolute atomic E-state index is 12.4. The summed E-state index contributed by atoms with van der Waals surface area (Å²) in [6.07, 6.45) is 6.14. The number of piperidine rings is 1. The molecule has 0 aliphatic carbocycles. The number of hydrogen-bond donors (Lipinski definition) is 1. The third-order valence-corrected chi connectivity index (χ3v) is 5.08. The molecule has 1 aliphatic heterocycles. The number of nitriles is 1. The molecule has 136 valence electrons.